The SMILES string of the molecule is C=C(CC)c1ccn(C2CCCC2)c1. The van der Waals surface area contributed by atoms with Gasteiger partial charge in [0, 0.05) is 18.4 Å². The molecule has 0 saturated heterocycles. The van der Waals surface area contributed by atoms with Crippen LogP contribution in [0.2, 0.25) is 0 Å². The van der Waals surface area contributed by atoms with Gasteiger partial charge in [-0.15, -0.1) is 0 Å². The molecule has 0 aliphatic heterocycles. The zero-order valence-corrected chi connectivity index (χ0v) is 9.00. The third-order valence-corrected chi connectivity index (χ3v) is 3.30. The van der Waals surface area contributed by atoms with Gasteiger partial charge in [-0.2, -0.15) is 0 Å². The normalized spacial score (nSPS) is 17.5. The van der Waals surface area contributed by atoms with Crippen molar-refractivity contribution in [2.45, 2.75) is 45.1 Å². The van der Waals surface area contributed by atoms with Crippen molar-refractivity contribution in [3.05, 3.63) is 30.6 Å². The van der Waals surface area contributed by atoms with Gasteiger partial charge < -0.3 is 4.57 Å². The lowest BCUT2D eigenvalue weighted by atomic mass is 10.1. The summed E-state index contributed by atoms with van der Waals surface area (Å²) >= 11 is 0. The maximum Gasteiger partial charge on any atom is 0.0330 e. The fourth-order valence-corrected chi connectivity index (χ4v) is 2.26. The highest BCUT2D eigenvalue weighted by molar-refractivity contribution is 5.62. The minimum atomic E-state index is 0.758. The summed E-state index contributed by atoms with van der Waals surface area (Å²) in [6.45, 7) is 6.23. The molecule has 14 heavy (non-hydrogen) atoms. The van der Waals surface area contributed by atoms with Gasteiger partial charge in [0.2, 0.25) is 0 Å². The number of rotatable bonds is 3. The molecule has 0 aromatic carbocycles. The smallest absolute Gasteiger partial charge is 0.0330 e. The molecule has 1 saturated carbocycles. The predicted molar refractivity (Wildman–Crippen MR) is 61.3 cm³/mol. The van der Waals surface area contributed by atoms with Gasteiger partial charge in [-0.25, -0.2) is 0 Å². The maximum absolute atomic E-state index is 4.07. The first-order chi connectivity index (χ1) is 6.81. The Labute approximate surface area is 86.4 Å². The summed E-state index contributed by atoms with van der Waals surface area (Å²) < 4.78 is 2.38. The van der Waals surface area contributed by atoms with Crippen molar-refractivity contribution in [2.75, 3.05) is 0 Å². The van der Waals surface area contributed by atoms with E-state index in [4.69, 9.17) is 0 Å². The van der Waals surface area contributed by atoms with Gasteiger partial charge in [-0.1, -0.05) is 26.3 Å². The van der Waals surface area contributed by atoms with Crippen LogP contribution in [0.1, 0.15) is 50.6 Å². The summed E-state index contributed by atoms with van der Waals surface area (Å²) in [5.74, 6) is 0. The van der Waals surface area contributed by atoms with Crippen LogP contribution in [0.4, 0.5) is 0 Å². The van der Waals surface area contributed by atoms with Crippen LogP contribution >= 0.6 is 0 Å². The third-order valence-electron chi connectivity index (χ3n) is 3.30. The minimum absolute atomic E-state index is 0.758. The fourth-order valence-electron chi connectivity index (χ4n) is 2.26. The molecule has 0 amide bonds. The Morgan fingerprint density at radius 2 is 2.21 bits per heavy atom. The first-order valence-corrected chi connectivity index (χ1v) is 5.67. The maximum atomic E-state index is 4.07. The highest BCUT2D eigenvalue weighted by Crippen LogP contribution is 2.30. The number of allylic oxidation sites excluding steroid dienone is 1. The van der Waals surface area contributed by atoms with Crippen LogP contribution in [0.5, 0.6) is 0 Å². The van der Waals surface area contributed by atoms with Gasteiger partial charge in [0.1, 0.15) is 0 Å². The molecule has 0 bridgehead atoms. The molecule has 1 aromatic heterocycles. The van der Waals surface area contributed by atoms with Crippen molar-refractivity contribution in [3.63, 3.8) is 0 Å². The summed E-state index contributed by atoms with van der Waals surface area (Å²) in [5, 5.41) is 0. The molecule has 0 N–H and O–H groups in total. The first kappa shape index (κ1) is 9.57. The number of nitrogens with zero attached hydrogens (tertiary/aromatic N) is 1. The van der Waals surface area contributed by atoms with Crippen molar-refractivity contribution in [2.24, 2.45) is 0 Å². The number of aromatic nitrogens is 1. The van der Waals surface area contributed by atoms with Crippen molar-refractivity contribution >= 4 is 5.57 Å². The fraction of sp³-hybridized carbons (Fsp3) is 0.538. The molecule has 0 spiro atoms. The molecule has 2 rings (SSSR count). The van der Waals surface area contributed by atoms with Crippen LogP contribution in [0.3, 0.4) is 0 Å². The molecule has 1 aliphatic rings. The van der Waals surface area contributed by atoms with E-state index in [-0.39, 0.29) is 0 Å². The summed E-state index contributed by atoms with van der Waals surface area (Å²) in [5.41, 5.74) is 2.57. The summed E-state index contributed by atoms with van der Waals surface area (Å²) in [6, 6.07) is 2.96. The highest BCUT2D eigenvalue weighted by Gasteiger charge is 2.16. The zero-order valence-electron chi connectivity index (χ0n) is 9.00. The molecule has 1 heterocycles. The van der Waals surface area contributed by atoms with Gasteiger partial charge in [0.25, 0.3) is 0 Å². The van der Waals surface area contributed by atoms with E-state index in [9.17, 15) is 0 Å². The second kappa shape index (κ2) is 4.04. The largest absolute Gasteiger partial charge is 0.351 e. The molecular formula is C13H19N. The number of hydrogen-bond acceptors (Lipinski definition) is 0. The van der Waals surface area contributed by atoms with E-state index in [1.807, 2.05) is 0 Å². The van der Waals surface area contributed by atoms with E-state index in [0.29, 0.717) is 0 Å². The molecule has 0 radical (unpaired) electrons. The summed E-state index contributed by atoms with van der Waals surface area (Å²) in [7, 11) is 0. The topological polar surface area (TPSA) is 4.93 Å². The van der Waals surface area contributed by atoms with E-state index in [1.54, 1.807) is 0 Å². The molecule has 1 heteroatoms. The van der Waals surface area contributed by atoms with E-state index in [2.05, 4.69) is 36.5 Å². The van der Waals surface area contributed by atoms with Gasteiger partial charge in [-0.05, 0) is 36.5 Å². The van der Waals surface area contributed by atoms with E-state index in [0.717, 1.165) is 12.5 Å². The average molecular weight is 189 g/mol. The summed E-state index contributed by atoms with van der Waals surface area (Å²) in [6.07, 6.45) is 11.0. The van der Waals surface area contributed by atoms with Crippen LogP contribution in [0, 0.1) is 0 Å². The lowest BCUT2D eigenvalue weighted by molar-refractivity contribution is 0.521. The summed E-state index contributed by atoms with van der Waals surface area (Å²) in [4.78, 5) is 0. The lowest BCUT2D eigenvalue weighted by Crippen LogP contribution is -2.00. The van der Waals surface area contributed by atoms with Gasteiger partial charge >= 0.3 is 0 Å². The van der Waals surface area contributed by atoms with E-state index < -0.39 is 0 Å². The third kappa shape index (κ3) is 1.77. The molecule has 0 unspecified atom stereocenters. The molecule has 0 atom stereocenters. The van der Waals surface area contributed by atoms with Gasteiger partial charge in [0.15, 0.2) is 0 Å². The van der Waals surface area contributed by atoms with Crippen molar-refractivity contribution in [1.82, 2.24) is 4.57 Å². The molecule has 1 aromatic rings. The Hall–Kier alpha value is -0.980. The van der Waals surface area contributed by atoms with Gasteiger partial charge in [0.05, 0.1) is 0 Å². The minimum Gasteiger partial charge on any atom is -0.351 e. The van der Waals surface area contributed by atoms with Crippen LogP contribution in [0.25, 0.3) is 5.57 Å². The first-order valence-electron chi connectivity index (χ1n) is 5.67. The number of hydrogen-bond donors (Lipinski definition) is 0. The van der Waals surface area contributed by atoms with Crippen LogP contribution in [-0.4, -0.2) is 4.57 Å². The molecular weight excluding hydrogens is 170 g/mol. The Balaban J connectivity index is 2.12. The standard InChI is InChI=1S/C13H19N/c1-3-11(2)12-8-9-14(10-12)13-6-4-5-7-13/h8-10,13H,2-7H2,1H3. The Kier molecular flexibility index (Phi) is 2.76. The average Bonchev–Trinajstić information content (AvgIpc) is 2.86. The molecule has 76 valence electrons. The quantitative estimate of drug-likeness (QED) is 0.676. The van der Waals surface area contributed by atoms with E-state index in [1.165, 1.54) is 36.8 Å². The molecule has 1 nitrogen and oxygen atoms in total. The second-order valence-corrected chi connectivity index (χ2v) is 4.24. The van der Waals surface area contributed by atoms with Crippen molar-refractivity contribution < 1.29 is 0 Å². The predicted octanol–water partition coefficient (Wildman–Crippen LogP) is 4.03. The Bertz CT molecular complexity index is 316. The Morgan fingerprint density at radius 3 is 2.86 bits per heavy atom. The Morgan fingerprint density at radius 1 is 1.50 bits per heavy atom. The van der Waals surface area contributed by atoms with E-state index >= 15 is 0 Å². The van der Waals surface area contributed by atoms with Gasteiger partial charge in [-0.3, -0.25) is 0 Å². The van der Waals surface area contributed by atoms with Crippen LogP contribution in [0.15, 0.2) is 25.0 Å². The molecule has 1 fully saturated rings. The zero-order chi connectivity index (χ0) is 9.97. The lowest BCUT2D eigenvalue weighted by Gasteiger charge is -2.10. The van der Waals surface area contributed by atoms with Crippen molar-refractivity contribution in [3.8, 4) is 0 Å². The molecule has 1 aliphatic carbocycles. The monoisotopic (exact) mass is 189 g/mol. The van der Waals surface area contributed by atoms with Crippen molar-refractivity contribution in [1.29, 1.82) is 0 Å². The second-order valence-electron chi connectivity index (χ2n) is 4.24. The van der Waals surface area contributed by atoms with Crippen LogP contribution in [-0.2, 0) is 0 Å². The van der Waals surface area contributed by atoms with Crippen LogP contribution < -0.4 is 0 Å². The highest BCUT2D eigenvalue weighted by atomic mass is 15.0.